The maximum absolute atomic E-state index is 6.00. The van der Waals surface area contributed by atoms with Crippen molar-refractivity contribution in [2.24, 2.45) is 10.2 Å². The van der Waals surface area contributed by atoms with Crippen molar-refractivity contribution in [1.29, 1.82) is 0 Å². The van der Waals surface area contributed by atoms with Gasteiger partial charge in [0.1, 0.15) is 5.69 Å². The third kappa shape index (κ3) is 5.01. The first-order valence-corrected chi connectivity index (χ1v) is 12.1. The van der Waals surface area contributed by atoms with Crippen LogP contribution in [-0.2, 0) is 0 Å². The summed E-state index contributed by atoms with van der Waals surface area (Å²) in [5.74, 6) is 5.88. The Kier molecular flexibility index (Phi) is 6.94. The maximum Gasteiger partial charge on any atom is 0.104 e. The van der Waals surface area contributed by atoms with Crippen LogP contribution in [0, 0.1) is 36.2 Å². The number of hydrogen-bond donors (Lipinski definition) is 1. The molecule has 4 aromatic carbocycles. The molecule has 4 aromatic rings. The first kappa shape index (κ1) is 22.8. The van der Waals surface area contributed by atoms with Crippen molar-refractivity contribution in [3.8, 4) is 22.3 Å². The van der Waals surface area contributed by atoms with Crippen molar-refractivity contribution >= 4 is 62.1 Å². The Morgan fingerprint density at radius 3 is 2.27 bits per heavy atom. The van der Waals surface area contributed by atoms with Gasteiger partial charge in [0.15, 0.2) is 0 Å². The average Bonchev–Trinajstić information content (AvgIpc) is 2.80. The van der Waals surface area contributed by atoms with Crippen LogP contribution in [0.2, 0.25) is 0 Å². The molecule has 2 N–H and O–H groups in total. The summed E-state index contributed by atoms with van der Waals surface area (Å²) in [7, 11) is 0. The van der Waals surface area contributed by atoms with E-state index in [4.69, 9.17) is 5.73 Å². The van der Waals surface area contributed by atoms with E-state index in [0.29, 0.717) is 0 Å². The van der Waals surface area contributed by atoms with Gasteiger partial charge < -0.3 is 5.73 Å². The third-order valence-electron chi connectivity index (χ3n) is 5.27. The van der Waals surface area contributed by atoms with Gasteiger partial charge in [-0.2, -0.15) is 5.11 Å². The van der Waals surface area contributed by atoms with E-state index in [2.05, 4.69) is 76.8 Å². The number of nitrogens with zero attached hydrogens (tertiary/aromatic N) is 2. The van der Waals surface area contributed by atoms with Gasteiger partial charge in [-0.15, -0.1) is 5.11 Å². The number of rotatable bonds is 4. The monoisotopic (exact) mass is 465 g/mol. The molecule has 4 rings (SSSR count). The fourth-order valence-corrected chi connectivity index (χ4v) is 5.06. The van der Waals surface area contributed by atoms with Crippen LogP contribution >= 0.6 is 23.5 Å². The first-order valence-electron chi connectivity index (χ1n) is 10.5. The van der Waals surface area contributed by atoms with Crippen LogP contribution in [-0.4, -0.2) is 0 Å². The average molecular weight is 466 g/mol. The second kappa shape index (κ2) is 10.0. The Balaban J connectivity index is 1.79. The third-order valence-corrected chi connectivity index (χ3v) is 6.89. The molecular weight excluding hydrogens is 442 g/mol. The Bertz CT molecular complexity index is 1530. The molecule has 0 saturated heterocycles. The van der Waals surface area contributed by atoms with Gasteiger partial charge in [0.2, 0.25) is 0 Å². The van der Waals surface area contributed by atoms with Crippen LogP contribution in [0.4, 0.5) is 17.1 Å². The van der Waals surface area contributed by atoms with Gasteiger partial charge in [0, 0.05) is 15.5 Å². The van der Waals surface area contributed by atoms with Crippen molar-refractivity contribution in [3.05, 3.63) is 65.7 Å². The highest BCUT2D eigenvalue weighted by Crippen LogP contribution is 2.39. The van der Waals surface area contributed by atoms with Gasteiger partial charge in [-0.05, 0) is 137 Å². The zero-order valence-corrected chi connectivity index (χ0v) is 20.6. The lowest BCUT2D eigenvalue weighted by atomic mass is 10.0. The van der Waals surface area contributed by atoms with E-state index in [1.165, 1.54) is 34.5 Å². The largest absolute Gasteiger partial charge is 0.399 e. The molecule has 3 nitrogen and oxygen atoms in total. The maximum atomic E-state index is 6.00. The number of hydrogen-bond acceptors (Lipinski definition) is 5. The second-order valence-electron chi connectivity index (χ2n) is 7.58. The summed E-state index contributed by atoms with van der Waals surface area (Å²) < 4.78 is 0. The van der Waals surface area contributed by atoms with Crippen molar-refractivity contribution in [3.63, 3.8) is 0 Å². The fourth-order valence-electron chi connectivity index (χ4n) is 3.73. The minimum absolute atomic E-state index is 0.739. The van der Waals surface area contributed by atoms with Crippen LogP contribution in [0.1, 0.15) is 25.0 Å². The van der Waals surface area contributed by atoms with E-state index in [1.54, 1.807) is 0 Å². The van der Waals surface area contributed by atoms with Gasteiger partial charge >= 0.3 is 0 Å². The molecule has 0 amide bonds. The van der Waals surface area contributed by atoms with Crippen LogP contribution in [0.3, 0.4) is 0 Å². The molecule has 0 unspecified atom stereocenters. The standard InChI is InChI=1S/C28H23N3S2/c1-5-11-32-24-13-18(3)25-10-8-23(15-21(25)16-24)30-31-28-19(4)26-9-7-22(29)14-20(26)17-27(28)33-12-6-2/h7-10,13-17H,29H2,1-4H3. The lowest BCUT2D eigenvalue weighted by Crippen LogP contribution is -1.87. The Morgan fingerprint density at radius 1 is 0.758 bits per heavy atom. The summed E-state index contributed by atoms with van der Waals surface area (Å²) in [4.78, 5) is 2.10. The number of aryl methyl sites for hydroxylation is 2. The summed E-state index contributed by atoms with van der Waals surface area (Å²) >= 11 is 3.00. The van der Waals surface area contributed by atoms with Gasteiger partial charge in [-0.1, -0.05) is 24.0 Å². The van der Waals surface area contributed by atoms with E-state index in [9.17, 15) is 0 Å². The zero-order chi connectivity index (χ0) is 23.4. The number of fused-ring (bicyclic) bond motifs is 2. The molecule has 0 heterocycles. The molecule has 0 atom stereocenters. The minimum Gasteiger partial charge on any atom is -0.399 e. The molecule has 0 radical (unpaired) electrons. The fraction of sp³-hybridized carbons (Fsp3) is 0.143. The Morgan fingerprint density at radius 2 is 1.48 bits per heavy atom. The summed E-state index contributed by atoms with van der Waals surface area (Å²) in [5.41, 5.74) is 10.7. The van der Waals surface area contributed by atoms with Crippen molar-refractivity contribution in [2.75, 3.05) is 5.73 Å². The Labute approximate surface area is 203 Å². The topological polar surface area (TPSA) is 50.7 Å². The molecule has 5 heteroatoms. The minimum atomic E-state index is 0.739. The first-order chi connectivity index (χ1) is 16.0. The highest BCUT2D eigenvalue weighted by atomic mass is 32.2. The molecule has 0 fully saturated rings. The predicted molar refractivity (Wildman–Crippen MR) is 145 cm³/mol. The number of nitrogens with two attached hydrogens (primary N) is 1. The number of nitrogen functional groups attached to an aromatic ring is 1. The summed E-state index contributed by atoms with van der Waals surface area (Å²) in [6.07, 6.45) is 0. The number of thioether (sulfide) groups is 2. The molecule has 33 heavy (non-hydrogen) atoms. The lowest BCUT2D eigenvalue weighted by molar-refractivity contribution is 1.18. The van der Waals surface area contributed by atoms with Crippen LogP contribution < -0.4 is 5.73 Å². The molecule has 0 aliphatic rings. The van der Waals surface area contributed by atoms with Gasteiger partial charge in [0.25, 0.3) is 0 Å². The van der Waals surface area contributed by atoms with Crippen molar-refractivity contribution in [1.82, 2.24) is 0 Å². The van der Waals surface area contributed by atoms with Gasteiger partial charge in [0.05, 0.1) is 5.69 Å². The van der Waals surface area contributed by atoms with Gasteiger partial charge in [-0.3, -0.25) is 0 Å². The number of benzene rings is 4. The summed E-state index contributed by atoms with van der Waals surface area (Å²) in [6.45, 7) is 7.87. The molecule has 0 bridgehead atoms. The quantitative estimate of drug-likeness (QED) is 0.142. The normalized spacial score (nSPS) is 10.8. The second-order valence-corrected chi connectivity index (χ2v) is 9.31. The smallest absolute Gasteiger partial charge is 0.104 e. The van der Waals surface area contributed by atoms with Crippen molar-refractivity contribution in [2.45, 2.75) is 37.5 Å². The van der Waals surface area contributed by atoms with E-state index < -0.39 is 0 Å². The van der Waals surface area contributed by atoms with Crippen molar-refractivity contribution < 1.29 is 0 Å². The van der Waals surface area contributed by atoms with Crippen LogP contribution in [0.5, 0.6) is 0 Å². The number of azo groups is 1. The van der Waals surface area contributed by atoms with E-state index >= 15 is 0 Å². The molecule has 0 saturated carbocycles. The van der Waals surface area contributed by atoms with E-state index in [-0.39, 0.29) is 0 Å². The van der Waals surface area contributed by atoms with E-state index in [1.807, 2.05) is 38.1 Å². The summed E-state index contributed by atoms with van der Waals surface area (Å²) in [6, 6.07) is 18.5. The molecule has 162 valence electrons. The predicted octanol–water partition coefficient (Wildman–Crippen LogP) is 8.75. The molecule has 0 aliphatic heterocycles. The van der Waals surface area contributed by atoms with E-state index in [0.717, 1.165) is 48.6 Å². The Hall–Kier alpha value is -3.38. The SMILES string of the molecule is CC#CSc1cc(C)c2ccc(N=Nc3c(SC#CC)cc4cc(N)ccc4c3C)cc2c1. The van der Waals surface area contributed by atoms with Crippen LogP contribution in [0.25, 0.3) is 21.5 Å². The molecule has 0 aliphatic carbocycles. The molecule has 0 aromatic heterocycles. The highest BCUT2D eigenvalue weighted by Gasteiger charge is 2.11. The van der Waals surface area contributed by atoms with Gasteiger partial charge in [-0.25, -0.2) is 0 Å². The highest BCUT2D eigenvalue weighted by molar-refractivity contribution is 8.04. The molecule has 0 spiro atoms. The lowest BCUT2D eigenvalue weighted by Gasteiger charge is -2.10. The zero-order valence-electron chi connectivity index (χ0n) is 19.0. The van der Waals surface area contributed by atoms with Crippen LogP contribution in [0.15, 0.2) is 74.6 Å². The number of anilines is 1. The summed E-state index contributed by atoms with van der Waals surface area (Å²) in [5, 5.41) is 20.0. The molecular formula is C28H23N3S2.